The molecule has 6 heteroatoms. The van der Waals surface area contributed by atoms with Gasteiger partial charge in [0.1, 0.15) is 6.54 Å². The molecule has 0 aliphatic rings. The third kappa shape index (κ3) is 4.20. The Labute approximate surface area is 172 Å². The van der Waals surface area contributed by atoms with E-state index in [2.05, 4.69) is 10.3 Å². The molecule has 29 heavy (non-hydrogen) atoms. The van der Waals surface area contributed by atoms with E-state index >= 15 is 0 Å². The first-order valence-electron chi connectivity index (χ1n) is 9.16. The average Bonchev–Trinajstić information content (AvgIpc) is 2.76. The maximum absolute atomic E-state index is 12.8. The van der Waals surface area contributed by atoms with Gasteiger partial charge in [-0.3, -0.25) is 14.2 Å². The zero-order valence-electron chi connectivity index (χ0n) is 15.5. The van der Waals surface area contributed by atoms with Crippen LogP contribution in [0.1, 0.15) is 17.2 Å². The third-order valence-electron chi connectivity index (χ3n) is 4.67. The average molecular weight is 404 g/mol. The van der Waals surface area contributed by atoms with Crippen LogP contribution in [0.25, 0.3) is 10.9 Å². The van der Waals surface area contributed by atoms with E-state index in [4.69, 9.17) is 11.6 Å². The highest BCUT2D eigenvalue weighted by Crippen LogP contribution is 2.21. The van der Waals surface area contributed by atoms with Gasteiger partial charge in [0.15, 0.2) is 0 Å². The lowest BCUT2D eigenvalue weighted by Gasteiger charge is -2.20. The molecule has 0 bridgehead atoms. The number of rotatable bonds is 5. The van der Waals surface area contributed by atoms with Gasteiger partial charge in [-0.1, -0.05) is 72.3 Å². The number of carbonyl (C=O) groups excluding carboxylic acids is 1. The van der Waals surface area contributed by atoms with Gasteiger partial charge in [0, 0.05) is 5.02 Å². The van der Waals surface area contributed by atoms with E-state index < -0.39 is 0 Å². The Hall–Kier alpha value is -3.44. The first-order chi connectivity index (χ1) is 14.1. The molecule has 3 aromatic carbocycles. The molecule has 1 amide bonds. The van der Waals surface area contributed by atoms with Gasteiger partial charge < -0.3 is 5.32 Å². The second-order valence-electron chi connectivity index (χ2n) is 6.66. The second kappa shape index (κ2) is 8.29. The molecule has 144 valence electrons. The first-order valence-corrected chi connectivity index (χ1v) is 9.53. The van der Waals surface area contributed by atoms with E-state index in [0.717, 1.165) is 11.1 Å². The smallest absolute Gasteiger partial charge is 0.261 e. The number of nitrogens with one attached hydrogen (secondary N) is 1. The largest absolute Gasteiger partial charge is 0.344 e. The molecule has 0 unspecified atom stereocenters. The van der Waals surface area contributed by atoms with E-state index in [1.165, 1.54) is 10.9 Å². The highest BCUT2D eigenvalue weighted by molar-refractivity contribution is 6.31. The van der Waals surface area contributed by atoms with Gasteiger partial charge in [-0.2, -0.15) is 0 Å². The van der Waals surface area contributed by atoms with Crippen LogP contribution in [0.15, 0.2) is 90.0 Å². The molecule has 0 spiro atoms. The summed E-state index contributed by atoms with van der Waals surface area (Å²) >= 11 is 6.00. The van der Waals surface area contributed by atoms with Crippen molar-refractivity contribution in [3.05, 3.63) is 112 Å². The number of benzene rings is 3. The summed E-state index contributed by atoms with van der Waals surface area (Å²) in [5.41, 5.74) is 2.16. The number of hydrogen-bond donors (Lipinski definition) is 1. The van der Waals surface area contributed by atoms with Crippen LogP contribution in [-0.4, -0.2) is 15.5 Å². The number of nitrogens with zero attached hydrogens (tertiary/aromatic N) is 2. The zero-order chi connectivity index (χ0) is 20.2. The highest BCUT2D eigenvalue weighted by Gasteiger charge is 2.17. The van der Waals surface area contributed by atoms with Crippen molar-refractivity contribution in [3.8, 4) is 0 Å². The Kier molecular flexibility index (Phi) is 5.40. The topological polar surface area (TPSA) is 64.0 Å². The molecule has 1 aromatic heterocycles. The summed E-state index contributed by atoms with van der Waals surface area (Å²) in [5, 5.41) is 3.87. The van der Waals surface area contributed by atoms with Crippen molar-refractivity contribution in [3.63, 3.8) is 0 Å². The quantitative estimate of drug-likeness (QED) is 0.548. The summed E-state index contributed by atoms with van der Waals surface area (Å²) in [6, 6.07) is 24.0. The van der Waals surface area contributed by atoms with Gasteiger partial charge in [0.2, 0.25) is 5.91 Å². The Balaban J connectivity index is 1.61. The maximum Gasteiger partial charge on any atom is 0.261 e. The first kappa shape index (κ1) is 18.9. The summed E-state index contributed by atoms with van der Waals surface area (Å²) < 4.78 is 1.29. The normalized spacial score (nSPS) is 11.0. The van der Waals surface area contributed by atoms with Gasteiger partial charge in [-0.15, -0.1) is 0 Å². The molecule has 4 rings (SSSR count). The van der Waals surface area contributed by atoms with Crippen molar-refractivity contribution in [2.75, 3.05) is 0 Å². The fourth-order valence-corrected chi connectivity index (χ4v) is 3.43. The van der Waals surface area contributed by atoms with E-state index in [1.54, 1.807) is 18.2 Å². The van der Waals surface area contributed by atoms with Crippen molar-refractivity contribution in [2.45, 2.75) is 12.6 Å². The molecular formula is C23H18ClN3O2. The predicted molar refractivity (Wildman–Crippen MR) is 114 cm³/mol. The van der Waals surface area contributed by atoms with Gasteiger partial charge in [-0.25, -0.2) is 4.98 Å². The van der Waals surface area contributed by atoms with Gasteiger partial charge in [-0.05, 0) is 29.3 Å². The monoisotopic (exact) mass is 403 g/mol. The maximum atomic E-state index is 12.8. The van der Waals surface area contributed by atoms with Crippen LogP contribution in [0.3, 0.4) is 0 Å². The summed E-state index contributed by atoms with van der Waals surface area (Å²) in [6.45, 7) is -0.134. The van der Waals surface area contributed by atoms with Crippen LogP contribution >= 0.6 is 11.6 Å². The lowest BCUT2D eigenvalue weighted by molar-refractivity contribution is -0.122. The van der Waals surface area contributed by atoms with Crippen LogP contribution in [0.2, 0.25) is 5.02 Å². The summed E-state index contributed by atoms with van der Waals surface area (Å²) in [6.07, 6.45) is 1.39. The molecule has 1 heterocycles. The third-order valence-corrected chi connectivity index (χ3v) is 4.91. The van der Waals surface area contributed by atoms with Crippen molar-refractivity contribution in [1.82, 2.24) is 14.9 Å². The molecule has 0 saturated carbocycles. The highest BCUT2D eigenvalue weighted by atomic mass is 35.5. The van der Waals surface area contributed by atoms with Crippen molar-refractivity contribution >= 4 is 28.4 Å². The van der Waals surface area contributed by atoms with Crippen molar-refractivity contribution in [1.29, 1.82) is 0 Å². The molecule has 1 N–H and O–H groups in total. The SMILES string of the molecule is O=C(Cn1cnc2ccc(Cl)cc2c1=O)NC(c1ccccc1)c1ccccc1. The molecule has 0 fully saturated rings. The van der Waals surface area contributed by atoms with E-state index in [1.807, 2.05) is 60.7 Å². The molecule has 4 aromatic rings. The van der Waals surface area contributed by atoms with Crippen LogP contribution < -0.4 is 10.9 Å². The lowest BCUT2D eigenvalue weighted by atomic mass is 9.99. The Morgan fingerprint density at radius 1 is 0.966 bits per heavy atom. The van der Waals surface area contributed by atoms with Crippen LogP contribution in [0, 0.1) is 0 Å². The molecular weight excluding hydrogens is 386 g/mol. The Bertz CT molecular complexity index is 1170. The molecule has 0 atom stereocenters. The molecule has 0 radical (unpaired) electrons. The minimum atomic E-state index is -0.316. The molecule has 0 aliphatic heterocycles. The number of carbonyl (C=O) groups is 1. The standard InChI is InChI=1S/C23H18ClN3O2/c24-18-11-12-20-19(13-18)23(29)27(15-25-20)14-21(28)26-22(16-7-3-1-4-8-16)17-9-5-2-6-10-17/h1-13,15,22H,14H2,(H,26,28). The second-order valence-corrected chi connectivity index (χ2v) is 7.10. The number of halogens is 1. The predicted octanol–water partition coefficient (Wildman–Crippen LogP) is 3.96. The number of fused-ring (bicyclic) bond motifs is 1. The number of aromatic nitrogens is 2. The number of amides is 1. The minimum absolute atomic E-state index is 0.134. The summed E-state index contributed by atoms with van der Waals surface area (Å²) in [4.78, 5) is 29.8. The van der Waals surface area contributed by atoms with Crippen molar-refractivity contribution < 1.29 is 4.79 Å². The van der Waals surface area contributed by atoms with E-state index in [-0.39, 0.29) is 24.1 Å². The summed E-state index contributed by atoms with van der Waals surface area (Å²) in [7, 11) is 0. The van der Waals surface area contributed by atoms with Crippen LogP contribution in [0.4, 0.5) is 0 Å². The zero-order valence-corrected chi connectivity index (χ0v) is 16.2. The molecule has 0 saturated heterocycles. The van der Waals surface area contributed by atoms with Crippen LogP contribution in [-0.2, 0) is 11.3 Å². The van der Waals surface area contributed by atoms with E-state index in [0.29, 0.717) is 15.9 Å². The van der Waals surface area contributed by atoms with Gasteiger partial charge >= 0.3 is 0 Å². The Morgan fingerprint density at radius 3 is 2.21 bits per heavy atom. The van der Waals surface area contributed by atoms with Crippen molar-refractivity contribution in [2.24, 2.45) is 0 Å². The summed E-state index contributed by atoms with van der Waals surface area (Å²) in [5.74, 6) is -0.284. The van der Waals surface area contributed by atoms with Gasteiger partial charge in [0.25, 0.3) is 5.56 Å². The van der Waals surface area contributed by atoms with E-state index in [9.17, 15) is 9.59 Å². The van der Waals surface area contributed by atoms with Gasteiger partial charge in [0.05, 0.1) is 23.3 Å². The molecule has 5 nitrogen and oxygen atoms in total. The lowest BCUT2D eigenvalue weighted by Crippen LogP contribution is -2.35. The fourth-order valence-electron chi connectivity index (χ4n) is 3.26. The Morgan fingerprint density at radius 2 is 1.59 bits per heavy atom. The number of hydrogen-bond acceptors (Lipinski definition) is 3. The van der Waals surface area contributed by atoms with Crippen LogP contribution in [0.5, 0.6) is 0 Å². The molecule has 0 aliphatic carbocycles. The fraction of sp³-hybridized carbons (Fsp3) is 0.0870. The minimum Gasteiger partial charge on any atom is -0.344 e.